The van der Waals surface area contributed by atoms with Crippen molar-refractivity contribution in [2.45, 2.75) is 106 Å². The van der Waals surface area contributed by atoms with Gasteiger partial charge in [0.15, 0.2) is 5.82 Å². The summed E-state index contributed by atoms with van der Waals surface area (Å²) in [4.78, 5) is 27.2. The predicted octanol–water partition coefficient (Wildman–Crippen LogP) is 5.77. The van der Waals surface area contributed by atoms with Crippen molar-refractivity contribution in [3.8, 4) is 0 Å². The summed E-state index contributed by atoms with van der Waals surface area (Å²) in [5, 5.41) is 11.7. The number of amides is 1. The molecule has 0 aromatic carbocycles. The van der Waals surface area contributed by atoms with E-state index in [1.165, 1.54) is 12.8 Å². The highest BCUT2D eigenvalue weighted by Crippen LogP contribution is 2.27. The van der Waals surface area contributed by atoms with Gasteiger partial charge in [0.25, 0.3) is 5.78 Å². The number of piperazine rings is 1. The van der Waals surface area contributed by atoms with Crippen molar-refractivity contribution in [2.24, 2.45) is 11.8 Å². The fraction of sp³-hybridized carbons (Fsp3) is 0.750. The van der Waals surface area contributed by atoms with Crippen LogP contribution in [0.25, 0.3) is 5.78 Å². The molecule has 3 atom stereocenters. The molecule has 2 fully saturated rings. The molecule has 3 unspecified atom stereocenters. The lowest BCUT2D eigenvalue weighted by Crippen LogP contribution is -2.45. The van der Waals surface area contributed by atoms with E-state index in [0.717, 1.165) is 93.6 Å². The maximum Gasteiger partial charge on any atom is 0.252 e. The van der Waals surface area contributed by atoms with Crippen LogP contribution in [0, 0.1) is 11.8 Å². The first-order valence-corrected chi connectivity index (χ1v) is 16.3. The standard InChI is InChI=1S/C28H46N8O.2C2H6/c1-6-20(3)10-8-12-23(30-21(4)7-2)25-19-36-28(31-25)32-26(35-16-14-34(5)15-17-35)24(33-36)18-22-11-9-13-29-27(22)37;2*1-2/h19-20,22-23,30H,4,6-18H2,1-3,5H3,(H,29,37);2*1-2H3. The minimum absolute atomic E-state index is 0.0578. The van der Waals surface area contributed by atoms with Crippen molar-refractivity contribution < 1.29 is 4.79 Å². The zero-order chi connectivity index (χ0) is 30.4. The average molecular weight is 571 g/mol. The van der Waals surface area contributed by atoms with Crippen molar-refractivity contribution >= 4 is 17.5 Å². The van der Waals surface area contributed by atoms with Gasteiger partial charge >= 0.3 is 0 Å². The predicted molar refractivity (Wildman–Crippen MR) is 171 cm³/mol. The van der Waals surface area contributed by atoms with E-state index < -0.39 is 0 Å². The zero-order valence-corrected chi connectivity index (χ0v) is 27.3. The number of fused-ring (bicyclic) bond motifs is 1. The zero-order valence-electron chi connectivity index (χ0n) is 27.3. The van der Waals surface area contributed by atoms with Crippen molar-refractivity contribution in [3.63, 3.8) is 0 Å². The molecule has 0 aliphatic carbocycles. The number of carbonyl (C=O) groups excluding carboxylic acids is 1. The molecule has 9 heteroatoms. The molecule has 0 bridgehead atoms. The highest BCUT2D eigenvalue weighted by Gasteiger charge is 2.28. The fourth-order valence-corrected chi connectivity index (χ4v) is 5.21. The van der Waals surface area contributed by atoms with Crippen LogP contribution in [0.1, 0.15) is 111 Å². The number of anilines is 1. The summed E-state index contributed by atoms with van der Waals surface area (Å²) in [7, 11) is 2.15. The molecule has 2 aromatic heterocycles. The lowest BCUT2D eigenvalue weighted by molar-refractivity contribution is -0.126. The van der Waals surface area contributed by atoms with Gasteiger partial charge in [-0.05, 0) is 38.6 Å². The Morgan fingerprint density at radius 3 is 2.46 bits per heavy atom. The molecule has 0 spiro atoms. The molecule has 2 aromatic rings. The molecule has 1 amide bonds. The van der Waals surface area contributed by atoms with Crippen LogP contribution in [0.15, 0.2) is 18.5 Å². The summed E-state index contributed by atoms with van der Waals surface area (Å²) in [6.45, 7) is 23.4. The number of rotatable bonds is 12. The van der Waals surface area contributed by atoms with E-state index in [9.17, 15) is 4.79 Å². The monoisotopic (exact) mass is 570 g/mol. The Labute approximate surface area is 249 Å². The quantitative estimate of drug-likeness (QED) is 0.335. The van der Waals surface area contributed by atoms with E-state index in [1.54, 1.807) is 0 Å². The van der Waals surface area contributed by atoms with Gasteiger partial charge < -0.3 is 20.4 Å². The van der Waals surface area contributed by atoms with E-state index >= 15 is 0 Å². The van der Waals surface area contributed by atoms with Crippen LogP contribution < -0.4 is 15.5 Å². The maximum absolute atomic E-state index is 12.6. The van der Waals surface area contributed by atoms with Crippen molar-refractivity contribution in [2.75, 3.05) is 44.7 Å². The fourth-order valence-electron chi connectivity index (χ4n) is 5.21. The van der Waals surface area contributed by atoms with Gasteiger partial charge in [0.05, 0.1) is 17.9 Å². The molecule has 4 rings (SSSR count). The Kier molecular flexibility index (Phi) is 15.1. The van der Waals surface area contributed by atoms with E-state index in [4.69, 9.17) is 15.1 Å². The van der Waals surface area contributed by atoms with Gasteiger partial charge in [-0.25, -0.2) is 9.50 Å². The number of nitrogens with one attached hydrogen (secondary N) is 2. The van der Waals surface area contributed by atoms with Crippen LogP contribution in [-0.2, 0) is 11.2 Å². The Morgan fingerprint density at radius 2 is 1.83 bits per heavy atom. The Bertz CT molecular complexity index is 1060. The van der Waals surface area contributed by atoms with Gasteiger partial charge in [-0.3, -0.25) is 4.79 Å². The second kappa shape index (κ2) is 18.0. The third-order valence-electron chi connectivity index (χ3n) is 8.07. The molecular formula is C32H58N8O. The summed E-state index contributed by atoms with van der Waals surface area (Å²) in [5.74, 6) is 2.31. The minimum Gasteiger partial charge on any atom is -0.380 e. The maximum atomic E-state index is 12.6. The highest BCUT2D eigenvalue weighted by molar-refractivity contribution is 5.79. The van der Waals surface area contributed by atoms with Crippen LogP contribution in [0.4, 0.5) is 5.82 Å². The van der Waals surface area contributed by atoms with E-state index in [1.807, 2.05) is 38.4 Å². The number of piperidine rings is 1. The summed E-state index contributed by atoms with van der Waals surface area (Å²) in [6.07, 6.45) is 9.95. The van der Waals surface area contributed by atoms with Gasteiger partial charge in [-0.1, -0.05) is 74.3 Å². The SMILES string of the molecule is C=C(CC)NC(CCCC(C)CC)c1cn2nc(CC3CCCNC3=O)c(N3CCN(C)CC3)nc2n1.CC.CC. The van der Waals surface area contributed by atoms with Gasteiger partial charge in [-0.2, -0.15) is 10.1 Å². The molecule has 2 aliphatic heterocycles. The van der Waals surface area contributed by atoms with Crippen LogP contribution in [0.3, 0.4) is 0 Å². The number of imidazole rings is 1. The van der Waals surface area contributed by atoms with Crippen LogP contribution in [-0.4, -0.2) is 70.2 Å². The number of nitrogens with zero attached hydrogens (tertiary/aromatic N) is 6. The Balaban J connectivity index is 0.00000141. The first kappa shape index (κ1) is 34.5. The molecule has 0 saturated carbocycles. The van der Waals surface area contributed by atoms with E-state index in [-0.39, 0.29) is 17.9 Å². The van der Waals surface area contributed by atoms with E-state index in [0.29, 0.717) is 12.2 Å². The Hall–Kier alpha value is -2.68. The molecule has 0 radical (unpaired) electrons. The molecule has 9 nitrogen and oxygen atoms in total. The van der Waals surface area contributed by atoms with E-state index in [2.05, 4.69) is 54.8 Å². The van der Waals surface area contributed by atoms with Crippen LogP contribution >= 0.6 is 0 Å². The summed E-state index contributed by atoms with van der Waals surface area (Å²) in [5.41, 5.74) is 2.87. The average Bonchev–Trinajstić information content (AvgIpc) is 3.42. The number of aromatic nitrogens is 4. The summed E-state index contributed by atoms with van der Waals surface area (Å²) >= 11 is 0. The molecular weight excluding hydrogens is 512 g/mol. The van der Waals surface area contributed by atoms with Crippen molar-refractivity contribution in [1.29, 1.82) is 0 Å². The highest BCUT2D eigenvalue weighted by atomic mass is 16.1. The van der Waals surface area contributed by atoms with Gasteiger partial charge in [0.2, 0.25) is 5.91 Å². The third-order valence-corrected chi connectivity index (χ3v) is 8.07. The largest absolute Gasteiger partial charge is 0.380 e. The number of hydrogen-bond donors (Lipinski definition) is 2. The first-order valence-electron chi connectivity index (χ1n) is 16.3. The number of hydrogen-bond acceptors (Lipinski definition) is 7. The first-order chi connectivity index (χ1) is 19.9. The van der Waals surface area contributed by atoms with Gasteiger partial charge in [0.1, 0.15) is 5.69 Å². The summed E-state index contributed by atoms with van der Waals surface area (Å²) in [6, 6.07) is 0.0830. The molecule has 2 aliphatic rings. The summed E-state index contributed by atoms with van der Waals surface area (Å²) < 4.78 is 1.82. The number of likely N-dealkylation sites (N-methyl/N-ethyl adjacent to an activating group) is 1. The van der Waals surface area contributed by atoms with Crippen LogP contribution in [0.5, 0.6) is 0 Å². The topological polar surface area (TPSA) is 90.7 Å². The number of allylic oxidation sites excluding steroid dienone is 1. The molecule has 2 N–H and O–H groups in total. The molecule has 4 heterocycles. The van der Waals surface area contributed by atoms with Crippen molar-refractivity contribution in [1.82, 2.24) is 35.1 Å². The van der Waals surface area contributed by atoms with Crippen LogP contribution in [0.2, 0.25) is 0 Å². The van der Waals surface area contributed by atoms with Gasteiger partial charge in [-0.15, -0.1) is 0 Å². The Morgan fingerprint density at radius 1 is 1.12 bits per heavy atom. The number of carbonyl (C=O) groups is 1. The second-order valence-electron chi connectivity index (χ2n) is 11.0. The molecule has 232 valence electrons. The lowest BCUT2D eigenvalue weighted by atomic mass is 9.93. The minimum atomic E-state index is -0.0578. The third kappa shape index (κ3) is 9.97. The second-order valence-corrected chi connectivity index (χ2v) is 11.0. The lowest BCUT2D eigenvalue weighted by Gasteiger charge is -2.34. The molecule has 41 heavy (non-hydrogen) atoms. The van der Waals surface area contributed by atoms with Crippen molar-refractivity contribution in [3.05, 3.63) is 29.9 Å². The van der Waals surface area contributed by atoms with Gasteiger partial charge in [0, 0.05) is 50.8 Å². The molecule has 2 saturated heterocycles. The normalized spacial score (nSPS) is 18.9. The smallest absolute Gasteiger partial charge is 0.252 e.